The van der Waals surface area contributed by atoms with Gasteiger partial charge in [-0.3, -0.25) is 9.59 Å². The van der Waals surface area contributed by atoms with E-state index in [4.69, 9.17) is 0 Å². The van der Waals surface area contributed by atoms with Crippen LogP contribution in [0, 0.1) is 13.8 Å². The smallest absolute Gasteiger partial charge is 0.286 e. The number of aromatic amines is 1. The van der Waals surface area contributed by atoms with Crippen LogP contribution in [0.3, 0.4) is 0 Å². The number of thioether (sulfide) groups is 1. The summed E-state index contributed by atoms with van der Waals surface area (Å²) in [6.07, 6.45) is 2.78. The molecule has 0 bridgehead atoms. The van der Waals surface area contributed by atoms with Crippen LogP contribution >= 0.6 is 23.1 Å². The fourth-order valence-corrected chi connectivity index (χ4v) is 5.05. The van der Waals surface area contributed by atoms with Crippen LogP contribution in [0.2, 0.25) is 0 Å². The Morgan fingerprint density at radius 2 is 1.97 bits per heavy atom. The molecule has 2 amide bonds. The molecule has 33 heavy (non-hydrogen) atoms. The molecule has 2 aromatic carbocycles. The zero-order valence-electron chi connectivity index (χ0n) is 18.5. The van der Waals surface area contributed by atoms with Crippen LogP contribution < -0.4 is 10.6 Å². The lowest BCUT2D eigenvalue weighted by molar-refractivity contribution is -0.118. The number of benzene rings is 2. The number of para-hydroxylation sites is 1. The van der Waals surface area contributed by atoms with E-state index in [1.807, 2.05) is 37.4 Å². The number of anilines is 1. The van der Waals surface area contributed by atoms with Crippen LogP contribution in [0.15, 0.2) is 48.7 Å². The molecule has 2 aromatic heterocycles. The zero-order chi connectivity index (χ0) is 23.2. The molecule has 0 aliphatic rings. The van der Waals surface area contributed by atoms with Gasteiger partial charge in [0.25, 0.3) is 5.91 Å². The van der Waals surface area contributed by atoms with Crippen LogP contribution in [0.25, 0.3) is 10.9 Å². The molecule has 0 saturated carbocycles. The molecule has 2 heterocycles. The van der Waals surface area contributed by atoms with E-state index in [9.17, 15) is 9.59 Å². The lowest BCUT2D eigenvalue weighted by Gasteiger charge is -2.05. The van der Waals surface area contributed by atoms with Crippen molar-refractivity contribution in [2.75, 3.05) is 17.6 Å². The van der Waals surface area contributed by atoms with Gasteiger partial charge in [-0.2, -0.15) is 0 Å². The minimum Gasteiger partial charge on any atom is -0.361 e. The number of nitrogens with one attached hydrogen (secondary N) is 3. The number of aryl methyl sites for hydroxylation is 2. The lowest BCUT2D eigenvalue weighted by Crippen LogP contribution is -2.27. The van der Waals surface area contributed by atoms with Crippen molar-refractivity contribution in [2.24, 2.45) is 0 Å². The third-order valence-electron chi connectivity index (χ3n) is 5.15. The van der Waals surface area contributed by atoms with Crippen molar-refractivity contribution >= 4 is 51.5 Å². The van der Waals surface area contributed by atoms with E-state index in [-0.39, 0.29) is 11.8 Å². The van der Waals surface area contributed by atoms with Crippen molar-refractivity contribution in [1.82, 2.24) is 20.5 Å². The maximum absolute atomic E-state index is 12.4. The zero-order valence-corrected chi connectivity index (χ0v) is 20.1. The summed E-state index contributed by atoms with van der Waals surface area (Å²) >= 11 is 2.70. The molecule has 4 rings (SSSR count). The summed E-state index contributed by atoms with van der Waals surface area (Å²) in [6, 6.07) is 13.9. The van der Waals surface area contributed by atoms with E-state index in [2.05, 4.69) is 50.9 Å². The Bertz CT molecular complexity index is 1280. The van der Waals surface area contributed by atoms with E-state index >= 15 is 0 Å². The predicted molar refractivity (Wildman–Crippen MR) is 135 cm³/mol. The van der Waals surface area contributed by atoms with Gasteiger partial charge in [-0.15, -0.1) is 22.0 Å². The molecule has 170 valence electrons. The summed E-state index contributed by atoms with van der Waals surface area (Å²) < 4.78 is 0. The Balaban J connectivity index is 1.19. The van der Waals surface area contributed by atoms with Crippen LogP contribution in [0.5, 0.6) is 0 Å². The van der Waals surface area contributed by atoms with Crippen molar-refractivity contribution in [2.45, 2.75) is 26.0 Å². The molecule has 0 fully saturated rings. The molecule has 0 aliphatic heterocycles. The van der Waals surface area contributed by atoms with Gasteiger partial charge in [0.2, 0.25) is 10.9 Å². The largest absolute Gasteiger partial charge is 0.361 e. The van der Waals surface area contributed by atoms with E-state index < -0.39 is 0 Å². The van der Waals surface area contributed by atoms with Crippen molar-refractivity contribution < 1.29 is 9.59 Å². The Hall–Kier alpha value is -3.17. The highest BCUT2D eigenvalue weighted by Crippen LogP contribution is 2.21. The number of fused-ring (bicyclic) bond motifs is 1. The highest BCUT2D eigenvalue weighted by molar-refractivity contribution is 7.99. The Morgan fingerprint density at radius 3 is 2.82 bits per heavy atom. The molecule has 0 unspecified atom stereocenters. The quantitative estimate of drug-likeness (QED) is 0.329. The standard InChI is InChI=1S/C24H25N5O2S2/c1-15-7-8-20-18(11-15)17(12-26-20)9-10-25-21(30)13-32-14-22-28-29-24(33-22)23(31)27-19-6-4-3-5-16(19)2/h3-8,11-12,26H,9-10,13-14H2,1-2H3,(H,25,30)(H,27,31). The van der Waals surface area contributed by atoms with Gasteiger partial charge in [0.15, 0.2) is 0 Å². The first kappa shape index (κ1) is 23.0. The molecule has 4 aromatic rings. The maximum Gasteiger partial charge on any atom is 0.286 e. The summed E-state index contributed by atoms with van der Waals surface area (Å²) in [7, 11) is 0. The fraction of sp³-hybridized carbons (Fsp3) is 0.250. The van der Waals surface area contributed by atoms with Gasteiger partial charge in [0.1, 0.15) is 5.01 Å². The second-order valence-corrected chi connectivity index (χ2v) is 9.77. The van der Waals surface area contributed by atoms with Gasteiger partial charge in [-0.25, -0.2) is 0 Å². The number of carbonyl (C=O) groups is 2. The number of amides is 2. The first-order chi connectivity index (χ1) is 16.0. The minimum atomic E-state index is -0.275. The Morgan fingerprint density at radius 1 is 1.12 bits per heavy atom. The maximum atomic E-state index is 12.4. The Labute approximate surface area is 200 Å². The normalized spacial score (nSPS) is 11.0. The number of hydrogen-bond donors (Lipinski definition) is 3. The summed E-state index contributed by atoms with van der Waals surface area (Å²) in [5, 5.41) is 16.1. The molecule has 0 radical (unpaired) electrons. The molecule has 0 atom stereocenters. The summed E-state index contributed by atoms with van der Waals surface area (Å²) in [4.78, 5) is 27.9. The van der Waals surface area contributed by atoms with Crippen LogP contribution in [-0.4, -0.2) is 39.3 Å². The van der Waals surface area contributed by atoms with Crippen molar-refractivity contribution in [3.05, 3.63) is 75.4 Å². The van der Waals surface area contributed by atoms with Crippen LogP contribution in [-0.2, 0) is 17.0 Å². The third kappa shape index (κ3) is 6.00. The number of H-pyrrole nitrogens is 1. The first-order valence-corrected chi connectivity index (χ1v) is 12.6. The minimum absolute atomic E-state index is 0.0157. The van der Waals surface area contributed by atoms with Crippen LogP contribution in [0.1, 0.15) is 31.5 Å². The summed E-state index contributed by atoms with van der Waals surface area (Å²) in [6.45, 7) is 4.60. The monoisotopic (exact) mass is 479 g/mol. The second kappa shape index (κ2) is 10.6. The predicted octanol–water partition coefficient (Wildman–Crippen LogP) is 4.48. The first-order valence-electron chi connectivity index (χ1n) is 10.6. The van der Waals surface area contributed by atoms with Crippen molar-refractivity contribution in [3.63, 3.8) is 0 Å². The van der Waals surface area contributed by atoms with E-state index in [0.29, 0.717) is 23.1 Å². The van der Waals surface area contributed by atoms with Gasteiger partial charge in [0, 0.05) is 35.1 Å². The van der Waals surface area contributed by atoms with Gasteiger partial charge < -0.3 is 15.6 Å². The molecule has 0 aliphatic carbocycles. The van der Waals surface area contributed by atoms with Crippen LogP contribution in [0.4, 0.5) is 5.69 Å². The number of rotatable bonds is 9. The van der Waals surface area contributed by atoms with E-state index in [0.717, 1.165) is 28.2 Å². The van der Waals surface area contributed by atoms with Gasteiger partial charge in [-0.05, 0) is 49.6 Å². The highest BCUT2D eigenvalue weighted by Gasteiger charge is 2.14. The third-order valence-corrected chi connectivity index (χ3v) is 7.20. The number of nitrogens with zero attached hydrogens (tertiary/aromatic N) is 2. The highest BCUT2D eigenvalue weighted by atomic mass is 32.2. The van der Waals surface area contributed by atoms with Gasteiger partial charge >= 0.3 is 0 Å². The number of carbonyl (C=O) groups excluding carboxylic acids is 2. The molecule has 9 heteroatoms. The van der Waals surface area contributed by atoms with E-state index in [1.165, 1.54) is 39.6 Å². The second-order valence-electron chi connectivity index (χ2n) is 7.73. The SMILES string of the molecule is Cc1ccc2[nH]cc(CCNC(=O)CSCc3nnc(C(=O)Nc4ccccc4C)s3)c2c1. The average molecular weight is 480 g/mol. The van der Waals surface area contributed by atoms with Gasteiger partial charge in [-0.1, -0.05) is 41.2 Å². The summed E-state index contributed by atoms with van der Waals surface area (Å²) in [5.41, 5.74) is 5.27. The topological polar surface area (TPSA) is 99.8 Å². The molecule has 7 nitrogen and oxygen atoms in total. The number of hydrogen-bond acceptors (Lipinski definition) is 6. The van der Waals surface area contributed by atoms with E-state index in [1.54, 1.807) is 0 Å². The molecule has 0 spiro atoms. The molecular weight excluding hydrogens is 454 g/mol. The van der Waals surface area contributed by atoms with Crippen molar-refractivity contribution in [1.29, 1.82) is 0 Å². The fourth-order valence-electron chi connectivity index (χ4n) is 3.41. The molecule has 3 N–H and O–H groups in total. The molecular formula is C24H25N5O2S2. The summed E-state index contributed by atoms with van der Waals surface area (Å²) in [5.74, 6) is 0.572. The van der Waals surface area contributed by atoms with Gasteiger partial charge in [0.05, 0.1) is 5.75 Å². The lowest BCUT2D eigenvalue weighted by atomic mass is 10.1. The number of aromatic nitrogens is 3. The van der Waals surface area contributed by atoms with Crippen molar-refractivity contribution in [3.8, 4) is 0 Å². The average Bonchev–Trinajstić information content (AvgIpc) is 3.43. The Kier molecular flexibility index (Phi) is 7.41. The molecule has 0 saturated heterocycles.